The second-order valence-corrected chi connectivity index (χ2v) is 12.1. The van der Waals surface area contributed by atoms with Crippen LogP contribution in [0.3, 0.4) is 0 Å². The van der Waals surface area contributed by atoms with Crippen molar-refractivity contribution in [3.63, 3.8) is 0 Å². The molecule has 3 aromatic carbocycles. The van der Waals surface area contributed by atoms with Crippen LogP contribution in [0.15, 0.2) is 84.1 Å². The number of carbonyl (C=O) groups excluding carboxylic acids is 1. The number of carbonyl (C=O) groups is 1. The molecular weight excluding hydrogens is 615 g/mol. The largest absolute Gasteiger partial charge is 0.573 e. The van der Waals surface area contributed by atoms with E-state index in [2.05, 4.69) is 69.0 Å². The molecule has 2 heterocycles. The van der Waals surface area contributed by atoms with Crippen molar-refractivity contribution >= 4 is 28.6 Å². The van der Waals surface area contributed by atoms with E-state index in [0.717, 1.165) is 17.9 Å². The third-order valence-electron chi connectivity index (χ3n) is 7.44. The van der Waals surface area contributed by atoms with Crippen molar-refractivity contribution in [3.05, 3.63) is 90.3 Å². The fraction of sp³-hybridized carbons (Fsp3) is 0.303. The molecule has 2 atom stereocenters. The smallest absolute Gasteiger partial charge is 0.406 e. The molecule has 2 unspecified atom stereocenters. The molecule has 1 aromatic heterocycles. The van der Waals surface area contributed by atoms with Crippen molar-refractivity contribution in [2.24, 2.45) is 4.99 Å². The van der Waals surface area contributed by atoms with Gasteiger partial charge in [0.05, 0.1) is 17.7 Å². The Bertz CT molecular complexity index is 1730. The number of rotatable bonds is 8. The van der Waals surface area contributed by atoms with Gasteiger partial charge in [0.2, 0.25) is 0 Å². The number of thioether (sulfide) groups is 1. The van der Waals surface area contributed by atoms with Gasteiger partial charge in [0.25, 0.3) is 0 Å². The second kappa shape index (κ2) is 14.1. The van der Waals surface area contributed by atoms with Crippen LogP contribution in [0.25, 0.3) is 17.1 Å². The Morgan fingerprint density at radius 1 is 1.13 bits per heavy atom. The maximum atomic E-state index is 13.0. The molecule has 0 saturated carbocycles. The number of benzene rings is 3. The third-order valence-corrected chi connectivity index (χ3v) is 8.43. The van der Waals surface area contributed by atoms with E-state index in [4.69, 9.17) is 0 Å². The summed E-state index contributed by atoms with van der Waals surface area (Å²) in [6, 6.07) is 22.5. The zero-order valence-corrected chi connectivity index (χ0v) is 26.2. The molecule has 4 aromatic rings. The summed E-state index contributed by atoms with van der Waals surface area (Å²) in [7, 11) is 0. The van der Waals surface area contributed by atoms with Crippen molar-refractivity contribution in [1.82, 2.24) is 20.1 Å². The predicted octanol–water partition coefficient (Wildman–Crippen LogP) is 7.66. The number of urea groups is 1. The van der Waals surface area contributed by atoms with Crippen molar-refractivity contribution in [1.29, 1.82) is 5.26 Å². The van der Waals surface area contributed by atoms with Gasteiger partial charge < -0.3 is 15.0 Å². The Kier molecular flexibility index (Phi) is 9.96. The van der Waals surface area contributed by atoms with E-state index < -0.39 is 18.3 Å². The van der Waals surface area contributed by atoms with E-state index in [-0.39, 0.29) is 18.3 Å². The zero-order chi connectivity index (χ0) is 32.8. The van der Waals surface area contributed by atoms with Gasteiger partial charge in [-0.15, -0.1) is 18.3 Å². The molecule has 5 rings (SSSR count). The van der Waals surface area contributed by atoms with Crippen molar-refractivity contribution < 1.29 is 22.7 Å². The first-order chi connectivity index (χ1) is 22.0. The highest BCUT2D eigenvalue weighted by Crippen LogP contribution is 2.34. The number of nitriles is 1. The number of ether oxygens (including phenoxy) is 1. The summed E-state index contributed by atoms with van der Waals surface area (Å²) in [5.41, 5.74) is 4.12. The summed E-state index contributed by atoms with van der Waals surface area (Å²) in [5.74, 6) is 0.609. The van der Waals surface area contributed by atoms with Gasteiger partial charge in [-0.2, -0.15) is 10.3 Å². The molecule has 1 aliphatic rings. The molecule has 238 valence electrons. The standard InChI is InChI=1S/C33H32F3N7O2S/c1-21(2)28-6-4-5-7-29(28)43-22(3)16-17-46-32(43)40-31(44)38-19-25(18-37)23-8-10-24(11-9-23)30-39-20-42(41-30)26-12-14-27(15-13-26)45-33(34,35)36/h4-15,20-22,25H,16-17,19H2,1-3H3,(H,38,44). The minimum atomic E-state index is -4.77. The summed E-state index contributed by atoms with van der Waals surface area (Å²) < 4.78 is 42.7. The molecule has 46 heavy (non-hydrogen) atoms. The maximum absolute atomic E-state index is 13.0. The van der Waals surface area contributed by atoms with Gasteiger partial charge in [0.1, 0.15) is 12.1 Å². The third kappa shape index (κ3) is 7.87. The summed E-state index contributed by atoms with van der Waals surface area (Å²) in [5, 5.41) is 17.7. The summed E-state index contributed by atoms with van der Waals surface area (Å²) >= 11 is 1.55. The number of aromatic nitrogens is 3. The van der Waals surface area contributed by atoms with E-state index in [1.165, 1.54) is 40.8 Å². The molecule has 13 heteroatoms. The SMILES string of the molecule is CC(C)c1ccccc1N1C(=NC(=O)NCC(C#N)c2ccc(-c3ncn(-c4ccc(OC(F)(F)F)cc4)n3)cc2)SCCC1C. The fourth-order valence-electron chi connectivity index (χ4n) is 5.07. The number of amidine groups is 1. The number of alkyl halides is 3. The summed E-state index contributed by atoms with van der Waals surface area (Å²) in [6.07, 6.45) is -2.35. The number of nitrogens with one attached hydrogen (secondary N) is 1. The van der Waals surface area contributed by atoms with Gasteiger partial charge in [-0.1, -0.05) is 68.1 Å². The lowest BCUT2D eigenvalue weighted by atomic mass is 9.99. The molecule has 0 spiro atoms. The van der Waals surface area contributed by atoms with E-state index in [0.29, 0.717) is 33.7 Å². The minimum absolute atomic E-state index is 0.0786. The lowest BCUT2D eigenvalue weighted by Crippen LogP contribution is -2.42. The number of hydrogen-bond acceptors (Lipinski definition) is 6. The monoisotopic (exact) mass is 647 g/mol. The molecule has 0 radical (unpaired) electrons. The normalized spacial score (nSPS) is 16.7. The Balaban J connectivity index is 1.23. The van der Waals surface area contributed by atoms with Crippen LogP contribution in [0, 0.1) is 11.3 Å². The van der Waals surface area contributed by atoms with E-state index in [9.17, 15) is 23.2 Å². The van der Waals surface area contributed by atoms with Crippen molar-refractivity contribution in [3.8, 4) is 28.9 Å². The second-order valence-electron chi connectivity index (χ2n) is 11.0. The fourth-order valence-corrected chi connectivity index (χ4v) is 6.27. The van der Waals surface area contributed by atoms with Crippen LogP contribution in [0.5, 0.6) is 5.75 Å². The Morgan fingerprint density at radius 2 is 1.85 bits per heavy atom. The number of para-hydroxylation sites is 1. The highest BCUT2D eigenvalue weighted by molar-refractivity contribution is 8.14. The Morgan fingerprint density at radius 3 is 2.52 bits per heavy atom. The number of halogens is 3. The quantitative estimate of drug-likeness (QED) is 0.209. The molecule has 2 amide bonds. The van der Waals surface area contributed by atoms with Gasteiger partial charge in [-0.25, -0.2) is 14.5 Å². The first-order valence-electron chi connectivity index (χ1n) is 14.7. The molecular formula is C33H32F3N7O2S. The molecule has 9 nitrogen and oxygen atoms in total. The van der Waals surface area contributed by atoms with Gasteiger partial charge in [0.15, 0.2) is 11.0 Å². The van der Waals surface area contributed by atoms with Gasteiger partial charge in [-0.3, -0.25) is 0 Å². The van der Waals surface area contributed by atoms with Gasteiger partial charge in [0, 0.05) is 29.6 Å². The average Bonchev–Trinajstić information content (AvgIpc) is 3.52. The van der Waals surface area contributed by atoms with Crippen molar-refractivity contribution in [2.45, 2.75) is 51.4 Å². The van der Waals surface area contributed by atoms with E-state index >= 15 is 0 Å². The number of nitrogens with zero attached hydrogens (tertiary/aromatic N) is 6. The molecule has 1 aliphatic heterocycles. The minimum Gasteiger partial charge on any atom is -0.406 e. The van der Waals surface area contributed by atoms with Crippen LogP contribution in [-0.4, -0.2) is 50.7 Å². The van der Waals surface area contributed by atoms with Crippen LogP contribution in [-0.2, 0) is 0 Å². The summed E-state index contributed by atoms with van der Waals surface area (Å²) in [4.78, 5) is 23.8. The lowest BCUT2D eigenvalue weighted by molar-refractivity contribution is -0.274. The Hall–Kier alpha value is -4.83. The average molecular weight is 648 g/mol. The van der Waals surface area contributed by atoms with E-state index in [1.807, 2.05) is 12.1 Å². The van der Waals surface area contributed by atoms with Crippen LogP contribution >= 0.6 is 11.8 Å². The van der Waals surface area contributed by atoms with Crippen LogP contribution in [0.2, 0.25) is 0 Å². The summed E-state index contributed by atoms with van der Waals surface area (Å²) in [6.45, 7) is 6.50. The number of hydrogen-bond donors (Lipinski definition) is 1. The maximum Gasteiger partial charge on any atom is 0.573 e. The molecule has 0 bridgehead atoms. The number of anilines is 1. The van der Waals surface area contributed by atoms with Crippen LogP contribution < -0.4 is 15.0 Å². The molecule has 1 fully saturated rings. The first-order valence-corrected chi connectivity index (χ1v) is 15.7. The van der Waals surface area contributed by atoms with Crippen molar-refractivity contribution in [2.75, 3.05) is 17.2 Å². The van der Waals surface area contributed by atoms with Crippen LogP contribution in [0.4, 0.5) is 23.7 Å². The molecule has 1 saturated heterocycles. The van der Waals surface area contributed by atoms with Gasteiger partial charge >= 0.3 is 12.4 Å². The topological polar surface area (TPSA) is 108 Å². The van der Waals surface area contributed by atoms with Gasteiger partial charge in [-0.05, 0) is 60.7 Å². The van der Waals surface area contributed by atoms with E-state index in [1.54, 1.807) is 36.0 Å². The van der Waals surface area contributed by atoms with Crippen LogP contribution in [0.1, 0.15) is 50.2 Å². The zero-order valence-electron chi connectivity index (χ0n) is 25.4. The number of aliphatic imine (C=N–C) groups is 1. The Labute approximate surface area is 269 Å². The lowest BCUT2D eigenvalue weighted by Gasteiger charge is -2.37. The predicted molar refractivity (Wildman–Crippen MR) is 172 cm³/mol. The first kappa shape index (κ1) is 32.6. The highest BCUT2D eigenvalue weighted by Gasteiger charge is 2.31. The number of amides is 2. The highest BCUT2D eigenvalue weighted by atomic mass is 32.2. The molecule has 1 N–H and O–H groups in total. The molecule has 0 aliphatic carbocycles.